The van der Waals surface area contributed by atoms with Crippen LogP contribution < -0.4 is 0 Å². The Morgan fingerprint density at radius 1 is 0.550 bits per heavy atom. The highest BCUT2D eigenvalue weighted by Gasteiger charge is 2.96. The van der Waals surface area contributed by atoms with E-state index in [4.69, 9.17) is 18.9 Å². The fourth-order valence-electron chi connectivity index (χ4n) is 2.92. The molecule has 1 fully saturated rings. The molecule has 8 nitrogen and oxygen atoms in total. The maximum Gasteiger partial charge on any atom is 0.262 e. The molecule has 0 spiro atoms. The Morgan fingerprint density at radius 3 is 0.850 bits per heavy atom. The van der Waals surface area contributed by atoms with Crippen molar-refractivity contribution in [3.8, 4) is 24.3 Å². The van der Waals surface area contributed by atoms with Gasteiger partial charge in [-0.25, -0.2) is 0 Å². The summed E-state index contributed by atoms with van der Waals surface area (Å²) in [6.45, 7) is 0. The number of methoxy groups -OCH3 is 4. The van der Waals surface area contributed by atoms with Crippen molar-refractivity contribution in [2.75, 3.05) is 28.4 Å². The lowest BCUT2D eigenvalue weighted by atomic mass is 9.43. The molecule has 0 unspecified atom stereocenters. The Morgan fingerprint density at radius 2 is 0.750 bits per heavy atom. The van der Waals surface area contributed by atoms with Gasteiger partial charge in [0.15, 0.2) is 0 Å². The minimum atomic E-state index is -2.24. The standard InChI is InChI=1S/C12H12N4O4/c1-17-11(18-2)9(5-13,6-14)10(7-15,8-16)12(11,19-3)20-4/h1-4H3. The first-order valence-corrected chi connectivity index (χ1v) is 5.34. The molecule has 0 heterocycles. The summed E-state index contributed by atoms with van der Waals surface area (Å²) in [7, 11) is 4.66. The Kier molecular flexibility index (Phi) is 3.74. The van der Waals surface area contributed by atoms with E-state index < -0.39 is 22.4 Å². The van der Waals surface area contributed by atoms with Crippen LogP contribution in [0, 0.1) is 56.2 Å². The zero-order valence-electron chi connectivity index (χ0n) is 11.4. The van der Waals surface area contributed by atoms with Crippen LogP contribution >= 0.6 is 0 Å². The van der Waals surface area contributed by atoms with Crippen LogP contribution in [0.25, 0.3) is 0 Å². The summed E-state index contributed by atoms with van der Waals surface area (Å²) in [5, 5.41) is 37.6. The van der Waals surface area contributed by atoms with E-state index in [1.807, 2.05) is 0 Å². The maximum absolute atomic E-state index is 9.41. The van der Waals surface area contributed by atoms with Crippen molar-refractivity contribution in [3.05, 3.63) is 0 Å². The highest BCUT2D eigenvalue weighted by molar-refractivity contribution is 5.52. The smallest absolute Gasteiger partial charge is 0.262 e. The lowest BCUT2D eigenvalue weighted by Crippen LogP contribution is -2.88. The van der Waals surface area contributed by atoms with Crippen molar-refractivity contribution < 1.29 is 18.9 Å². The third-order valence-electron chi connectivity index (χ3n) is 3.80. The van der Waals surface area contributed by atoms with E-state index in [-0.39, 0.29) is 0 Å². The molecule has 0 saturated heterocycles. The fourth-order valence-corrected chi connectivity index (χ4v) is 2.92. The molecule has 0 atom stereocenters. The van der Waals surface area contributed by atoms with Gasteiger partial charge in [-0.2, -0.15) is 21.0 Å². The summed E-state index contributed by atoms with van der Waals surface area (Å²) < 4.78 is 20.6. The number of hydrogen-bond donors (Lipinski definition) is 0. The first kappa shape index (κ1) is 15.9. The minimum Gasteiger partial charge on any atom is -0.347 e. The Balaban J connectivity index is 3.88. The monoisotopic (exact) mass is 276 g/mol. The van der Waals surface area contributed by atoms with Gasteiger partial charge >= 0.3 is 0 Å². The van der Waals surface area contributed by atoms with Crippen molar-refractivity contribution in [2.45, 2.75) is 11.6 Å². The molecule has 0 aliphatic heterocycles. The van der Waals surface area contributed by atoms with Crippen LogP contribution in [0.5, 0.6) is 0 Å². The second kappa shape index (κ2) is 4.72. The Bertz CT molecular complexity index is 486. The second-order valence-corrected chi connectivity index (χ2v) is 4.00. The normalized spacial score (nSPS) is 23.2. The molecule has 0 N–H and O–H groups in total. The van der Waals surface area contributed by atoms with Crippen molar-refractivity contribution in [1.82, 2.24) is 0 Å². The highest BCUT2D eigenvalue weighted by atomic mass is 16.8. The Hall–Kier alpha value is -2.20. The molecule has 20 heavy (non-hydrogen) atoms. The van der Waals surface area contributed by atoms with Crippen LogP contribution in [-0.2, 0) is 18.9 Å². The van der Waals surface area contributed by atoms with Crippen molar-refractivity contribution >= 4 is 0 Å². The quantitative estimate of drug-likeness (QED) is 0.657. The van der Waals surface area contributed by atoms with Crippen molar-refractivity contribution in [3.63, 3.8) is 0 Å². The molecule has 1 aliphatic carbocycles. The molecule has 0 aromatic rings. The van der Waals surface area contributed by atoms with Gasteiger partial charge in [0, 0.05) is 28.4 Å². The number of rotatable bonds is 4. The topological polar surface area (TPSA) is 132 Å². The molecule has 1 aliphatic rings. The number of hydrogen-bond acceptors (Lipinski definition) is 8. The third kappa shape index (κ3) is 1.04. The van der Waals surface area contributed by atoms with Gasteiger partial charge in [0.1, 0.15) is 0 Å². The van der Waals surface area contributed by atoms with Gasteiger partial charge in [-0.3, -0.25) is 0 Å². The Labute approximate surface area is 116 Å². The maximum atomic E-state index is 9.41. The average Bonchev–Trinajstić information content (AvgIpc) is 2.50. The van der Waals surface area contributed by atoms with E-state index in [0.29, 0.717) is 0 Å². The third-order valence-corrected chi connectivity index (χ3v) is 3.80. The molecule has 0 radical (unpaired) electrons. The summed E-state index contributed by atoms with van der Waals surface area (Å²) >= 11 is 0. The van der Waals surface area contributed by atoms with Crippen LogP contribution in [0.15, 0.2) is 0 Å². The number of nitrogens with zero attached hydrogens (tertiary/aromatic N) is 4. The molecule has 1 saturated carbocycles. The van der Waals surface area contributed by atoms with Gasteiger partial charge in [-0.1, -0.05) is 0 Å². The van der Waals surface area contributed by atoms with Crippen LogP contribution in [0.2, 0.25) is 0 Å². The van der Waals surface area contributed by atoms with E-state index in [1.165, 1.54) is 28.4 Å². The summed E-state index contributed by atoms with van der Waals surface area (Å²) in [5.41, 5.74) is -4.47. The van der Waals surface area contributed by atoms with Crippen LogP contribution in [-0.4, -0.2) is 40.0 Å². The van der Waals surface area contributed by atoms with E-state index in [2.05, 4.69) is 0 Å². The van der Waals surface area contributed by atoms with E-state index in [9.17, 15) is 21.0 Å². The molecule has 0 bridgehead atoms. The van der Waals surface area contributed by atoms with Gasteiger partial charge in [-0.05, 0) is 0 Å². The molecular weight excluding hydrogens is 264 g/mol. The summed E-state index contributed by atoms with van der Waals surface area (Å²) in [6.07, 6.45) is 0. The zero-order chi connectivity index (χ0) is 15.7. The van der Waals surface area contributed by atoms with E-state index in [1.54, 1.807) is 24.3 Å². The van der Waals surface area contributed by atoms with Crippen molar-refractivity contribution in [1.29, 1.82) is 21.0 Å². The average molecular weight is 276 g/mol. The summed E-state index contributed by atoms with van der Waals surface area (Å²) in [5.74, 6) is -4.09. The van der Waals surface area contributed by atoms with Gasteiger partial charge < -0.3 is 18.9 Å². The minimum absolute atomic E-state index is 1.17. The van der Waals surface area contributed by atoms with Crippen molar-refractivity contribution in [2.24, 2.45) is 10.8 Å². The van der Waals surface area contributed by atoms with Crippen LogP contribution in [0.1, 0.15) is 0 Å². The first-order valence-electron chi connectivity index (χ1n) is 5.34. The predicted molar refractivity (Wildman–Crippen MR) is 60.8 cm³/mol. The molecule has 0 amide bonds. The first-order chi connectivity index (χ1) is 9.49. The molecule has 1 rings (SSSR count). The van der Waals surface area contributed by atoms with Gasteiger partial charge in [-0.15, -0.1) is 0 Å². The molecule has 0 aromatic heterocycles. The van der Waals surface area contributed by atoms with Gasteiger partial charge in [0.05, 0.1) is 24.3 Å². The number of ether oxygens (including phenoxy) is 4. The second-order valence-electron chi connectivity index (χ2n) is 4.00. The van der Waals surface area contributed by atoms with Crippen LogP contribution in [0.4, 0.5) is 0 Å². The van der Waals surface area contributed by atoms with Gasteiger partial charge in [0.2, 0.25) is 10.8 Å². The van der Waals surface area contributed by atoms with E-state index >= 15 is 0 Å². The molecule has 0 aromatic carbocycles. The largest absolute Gasteiger partial charge is 0.347 e. The van der Waals surface area contributed by atoms with E-state index in [0.717, 1.165) is 0 Å². The van der Waals surface area contributed by atoms with Gasteiger partial charge in [0.25, 0.3) is 11.6 Å². The summed E-state index contributed by atoms with van der Waals surface area (Å²) in [6, 6.07) is 6.63. The SMILES string of the molecule is COC1(OC)C(C#N)(C#N)C(C#N)(C#N)C1(OC)OC. The summed E-state index contributed by atoms with van der Waals surface area (Å²) in [4.78, 5) is 0. The fraction of sp³-hybridized carbons (Fsp3) is 0.667. The molecular formula is C12H12N4O4. The lowest BCUT2D eigenvalue weighted by Gasteiger charge is -2.65. The molecule has 8 heteroatoms. The van der Waals surface area contributed by atoms with Crippen LogP contribution in [0.3, 0.4) is 0 Å². The highest BCUT2D eigenvalue weighted by Crippen LogP contribution is 2.71. The lowest BCUT2D eigenvalue weighted by molar-refractivity contribution is -0.505. The molecule has 104 valence electrons. The predicted octanol–water partition coefficient (Wildman–Crippen LogP) is 0.0453. The number of nitriles is 4. The zero-order valence-corrected chi connectivity index (χ0v) is 11.4.